The van der Waals surface area contributed by atoms with E-state index in [9.17, 15) is 31.1 Å². The maximum absolute atomic E-state index is 12.4. The van der Waals surface area contributed by atoms with Crippen molar-refractivity contribution >= 4 is 34.9 Å². The summed E-state index contributed by atoms with van der Waals surface area (Å²) < 4.78 is 65.2. The molecular formula is C20H22F6N4O5S. The Morgan fingerprint density at radius 2 is 1.67 bits per heavy atom. The van der Waals surface area contributed by atoms with Crippen molar-refractivity contribution in [2.45, 2.75) is 50.2 Å². The molecule has 2 aromatic rings. The number of fused-ring (bicyclic) bond motifs is 1. The largest absolute Gasteiger partial charge is 0.490 e. The molecule has 0 aliphatic carbocycles. The van der Waals surface area contributed by atoms with Gasteiger partial charge in [0.15, 0.2) is 0 Å². The smallest absolute Gasteiger partial charge is 0.475 e. The van der Waals surface area contributed by atoms with Crippen LogP contribution in [-0.4, -0.2) is 73.7 Å². The number of aromatic nitrogens is 2. The van der Waals surface area contributed by atoms with Crippen LogP contribution in [0.3, 0.4) is 0 Å². The highest BCUT2D eigenvalue weighted by Gasteiger charge is 2.44. The van der Waals surface area contributed by atoms with Crippen LogP contribution in [0, 0.1) is 0 Å². The summed E-state index contributed by atoms with van der Waals surface area (Å²) in [4.78, 5) is 36.2. The van der Waals surface area contributed by atoms with Gasteiger partial charge in [0, 0.05) is 43.7 Å². The lowest BCUT2D eigenvalue weighted by Gasteiger charge is -2.39. The minimum absolute atomic E-state index is 0.243. The van der Waals surface area contributed by atoms with Crippen LogP contribution < -0.4 is 4.90 Å². The molecule has 4 rings (SSSR count). The zero-order chi connectivity index (χ0) is 27.3. The van der Waals surface area contributed by atoms with E-state index in [0.717, 1.165) is 31.6 Å². The molecule has 2 N–H and O–H groups in total. The SMILES string of the molecule is Cn1cc(N2C(=O)CC[C@@H]3[C@H]2CCN3Cc2cccs2)cn1.O=C(O)C(F)(F)F.O=C(O)C(F)(F)F. The second-order valence-electron chi connectivity index (χ2n) is 7.75. The van der Waals surface area contributed by atoms with Crippen LogP contribution in [0.2, 0.25) is 0 Å². The Labute approximate surface area is 204 Å². The van der Waals surface area contributed by atoms with Gasteiger partial charge in [-0.05, 0) is 24.3 Å². The molecule has 4 heterocycles. The Kier molecular flexibility index (Phi) is 9.48. The number of halogens is 6. The van der Waals surface area contributed by atoms with Crippen molar-refractivity contribution in [2.24, 2.45) is 7.05 Å². The number of amides is 1. The Hall–Kier alpha value is -3.14. The highest BCUT2D eigenvalue weighted by atomic mass is 32.1. The zero-order valence-electron chi connectivity index (χ0n) is 18.7. The molecule has 200 valence electrons. The number of carboxylic acid groups (broad SMARTS) is 2. The van der Waals surface area contributed by atoms with E-state index in [0.29, 0.717) is 18.5 Å². The average molecular weight is 544 g/mol. The second kappa shape index (κ2) is 11.7. The van der Waals surface area contributed by atoms with E-state index >= 15 is 0 Å². The first-order chi connectivity index (χ1) is 16.6. The van der Waals surface area contributed by atoms with Crippen molar-refractivity contribution in [2.75, 3.05) is 11.4 Å². The van der Waals surface area contributed by atoms with E-state index in [-0.39, 0.29) is 5.91 Å². The van der Waals surface area contributed by atoms with E-state index < -0.39 is 24.3 Å². The molecule has 2 fully saturated rings. The molecule has 0 unspecified atom stereocenters. The topological polar surface area (TPSA) is 116 Å². The third kappa shape index (κ3) is 7.94. The van der Waals surface area contributed by atoms with E-state index in [1.54, 1.807) is 4.68 Å². The van der Waals surface area contributed by atoms with Gasteiger partial charge >= 0.3 is 24.3 Å². The number of rotatable bonds is 3. The van der Waals surface area contributed by atoms with Gasteiger partial charge in [-0.25, -0.2) is 9.59 Å². The minimum Gasteiger partial charge on any atom is -0.475 e. The number of carbonyl (C=O) groups excluding carboxylic acids is 1. The van der Waals surface area contributed by atoms with Crippen LogP contribution in [0.1, 0.15) is 24.1 Å². The van der Waals surface area contributed by atoms with E-state index in [2.05, 4.69) is 27.5 Å². The van der Waals surface area contributed by atoms with Gasteiger partial charge in [-0.3, -0.25) is 14.4 Å². The predicted octanol–water partition coefficient (Wildman–Crippen LogP) is 3.52. The Balaban J connectivity index is 0.000000271. The molecule has 36 heavy (non-hydrogen) atoms. The number of nitrogens with zero attached hydrogens (tertiary/aromatic N) is 4. The Morgan fingerprint density at radius 1 is 1.08 bits per heavy atom. The van der Waals surface area contributed by atoms with E-state index in [1.165, 1.54) is 4.88 Å². The number of piperidine rings is 1. The number of aliphatic carboxylic acids is 2. The van der Waals surface area contributed by atoms with Gasteiger partial charge in [0.2, 0.25) is 5.91 Å². The van der Waals surface area contributed by atoms with Gasteiger partial charge in [-0.1, -0.05) is 6.07 Å². The van der Waals surface area contributed by atoms with E-state index in [4.69, 9.17) is 19.8 Å². The lowest BCUT2D eigenvalue weighted by molar-refractivity contribution is -0.193. The maximum atomic E-state index is 12.4. The zero-order valence-corrected chi connectivity index (χ0v) is 19.5. The van der Waals surface area contributed by atoms with E-state index in [1.807, 2.05) is 35.7 Å². The van der Waals surface area contributed by atoms with Gasteiger partial charge in [0.25, 0.3) is 0 Å². The summed E-state index contributed by atoms with van der Waals surface area (Å²) in [7, 11) is 1.90. The first-order valence-electron chi connectivity index (χ1n) is 10.3. The number of anilines is 1. The number of alkyl halides is 6. The normalized spacial score (nSPS) is 20.1. The summed E-state index contributed by atoms with van der Waals surface area (Å²) in [6, 6.07) is 5.08. The number of carboxylic acids is 2. The van der Waals surface area contributed by atoms with Crippen LogP contribution in [0.5, 0.6) is 0 Å². The predicted molar refractivity (Wildman–Crippen MR) is 114 cm³/mol. The number of thiophene rings is 1. The molecule has 0 radical (unpaired) electrons. The molecule has 0 bridgehead atoms. The molecule has 1 amide bonds. The summed E-state index contributed by atoms with van der Waals surface area (Å²) in [5.74, 6) is -5.27. The number of aryl methyl sites for hydroxylation is 1. The van der Waals surface area contributed by atoms with Crippen molar-refractivity contribution in [1.29, 1.82) is 0 Å². The summed E-state index contributed by atoms with van der Waals surface area (Å²) in [6.07, 6.45) is -3.75. The Morgan fingerprint density at radius 3 is 2.11 bits per heavy atom. The number of hydrogen-bond acceptors (Lipinski definition) is 6. The summed E-state index contributed by atoms with van der Waals surface area (Å²) in [5.41, 5.74) is 0.945. The summed E-state index contributed by atoms with van der Waals surface area (Å²) in [5, 5.41) is 20.6. The van der Waals surface area contributed by atoms with Gasteiger partial charge in [-0.2, -0.15) is 31.4 Å². The fourth-order valence-electron chi connectivity index (χ4n) is 3.82. The van der Waals surface area contributed by atoms with Crippen molar-refractivity contribution < 1.29 is 50.9 Å². The lowest BCUT2D eigenvalue weighted by atomic mass is 9.96. The van der Waals surface area contributed by atoms with Crippen LogP contribution in [-0.2, 0) is 28.0 Å². The molecular weight excluding hydrogens is 522 g/mol. The van der Waals surface area contributed by atoms with Crippen molar-refractivity contribution in [1.82, 2.24) is 14.7 Å². The Bertz CT molecular complexity index is 1020. The van der Waals surface area contributed by atoms with Crippen LogP contribution in [0.15, 0.2) is 29.9 Å². The molecule has 0 aromatic carbocycles. The third-order valence-corrected chi connectivity index (χ3v) is 6.13. The quantitative estimate of drug-likeness (QED) is 0.568. The first kappa shape index (κ1) is 29.1. The number of likely N-dealkylation sites (tertiary alicyclic amines) is 1. The summed E-state index contributed by atoms with van der Waals surface area (Å²) in [6.45, 7) is 2.07. The highest BCUT2D eigenvalue weighted by molar-refractivity contribution is 7.09. The minimum atomic E-state index is -5.08. The molecule has 0 saturated carbocycles. The standard InChI is InChI=1S/C16H20N4OS.2C2HF3O2/c1-18-10-12(9-17-18)20-15-6-7-19(11-13-3-2-8-22-13)14(15)4-5-16(20)21;2*3-2(4,5)1(6)7/h2-3,8-10,14-15H,4-7,11H2,1H3;2*(H,6,7)/t14-,15-;;/m1../s1. The number of carbonyl (C=O) groups is 3. The molecule has 16 heteroatoms. The number of hydrogen-bond donors (Lipinski definition) is 2. The van der Waals surface area contributed by atoms with Crippen molar-refractivity contribution in [3.63, 3.8) is 0 Å². The van der Waals surface area contributed by atoms with Gasteiger partial charge < -0.3 is 15.1 Å². The van der Waals surface area contributed by atoms with Crippen LogP contribution in [0.25, 0.3) is 0 Å². The lowest BCUT2D eigenvalue weighted by Crippen LogP contribution is -2.52. The maximum Gasteiger partial charge on any atom is 0.490 e. The van der Waals surface area contributed by atoms with Gasteiger partial charge in [0.05, 0.1) is 17.9 Å². The van der Waals surface area contributed by atoms with Gasteiger partial charge in [0.1, 0.15) is 0 Å². The molecule has 2 saturated heterocycles. The fraction of sp³-hybridized carbons (Fsp3) is 0.500. The third-order valence-electron chi connectivity index (χ3n) is 5.27. The second-order valence-corrected chi connectivity index (χ2v) is 8.79. The monoisotopic (exact) mass is 544 g/mol. The molecule has 9 nitrogen and oxygen atoms in total. The summed E-state index contributed by atoms with van der Waals surface area (Å²) >= 11 is 1.81. The highest BCUT2D eigenvalue weighted by Crippen LogP contribution is 2.35. The van der Waals surface area contributed by atoms with Crippen molar-refractivity contribution in [3.8, 4) is 0 Å². The molecule has 2 atom stereocenters. The van der Waals surface area contributed by atoms with Gasteiger partial charge in [-0.15, -0.1) is 11.3 Å². The fourth-order valence-corrected chi connectivity index (χ4v) is 4.55. The molecule has 2 aromatic heterocycles. The van der Waals surface area contributed by atoms with Crippen LogP contribution >= 0.6 is 11.3 Å². The van der Waals surface area contributed by atoms with Crippen molar-refractivity contribution in [3.05, 3.63) is 34.8 Å². The molecule has 2 aliphatic heterocycles. The van der Waals surface area contributed by atoms with Crippen LogP contribution in [0.4, 0.5) is 32.0 Å². The molecule has 0 spiro atoms. The first-order valence-corrected chi connectivity index (χ1v) is 11.2. The average Bonchev–Trinajstić information content (AvgIpc) is 3.50. The molecule has 2 aliphatic rings.